The minimum absolute atomic E-state index is 0.110. The minimum atomic E-state index is -3.81. The third-order valence-corrected chi connectivity index (χ3v) is 9.01. The van der Waals surface area contributed by atoms with Gasteiger partial charge in [0.1, 0.15) is 28.5 Å². The van der Waals surface area contributed by atoms with Gasteiger partial charge in [0.05, 0.1) is 23.7 Å². The van der Waals surface area contributed by atoms with Gasteiger partial charge in [0.25, 0.3) is 5.91 Å². The van der Waals surface area contributed by atoms with Crippen LogP contribution in [0.1, 0.15) is 47.8 Å². The topological polar surface area (TPSA) is 111 Å². The zero-order valence-corrected chi connectivity index (χ0v) is 24.6. The Hall–Kier alpha value is -3.57. The predicted molar refractivity (Wildman–Crippen MR) is 152 cm³/mol. The van der Waals surface area contributed by atoms with E-state index in [0.717, 1.165) is 4.88 Å². The highest BCUT2D eigenvalue weighted by atomic mass is 32.2. The van der Waals surface area contributed by atoms with Crippen LogP contribution in [0.3, 0.4) is 0 Å². The largest absolute Gasteiger partial charge is 0.496 e. The number of fused-ring (bicyclic) bond motifs is 1. The molecule has 2 heterocycles. The molecule has 1 aliphatic heterocycles. The predicted octanol–water partition coefficient (Wildman–Crippen LogP) is 5.37. The van der Waals surface area contributed by atoms with Crippen molar-refractivity contribution in [2.75, 3.05) is 24.4 Å². The number of thiophene rings is 1. The van der Waals surface area contributed by atoms with Crippen molar-refractivity contribution in [3.05, 3.63) is 57.8 Å². The number of hydrogen-bond donors (Lipinski definition) is 1. The van der Waals surface area contributed by atoms with Gasteiger partial charge in [0, 0.05) is 29.1 Å². The molecule has 39 heavy (non-hydrogen) atoms. The lowest BCUT2D eigenvalue weighted by molar-refractivity contribution is -0.121. The molecule has 0 bridgehead atoms. The number of rotatable bonds is 8. The normalized spacial score (nSPS) is 14.6. The molecule has 0 atom stereocenters. The van der Waals surface area contributed by atoms with Crippen molar-refractivity contribution in [2.24, 2.45) is 0 Å². The summed E-state index contributed by atoms with van der Waals surface area (Å²) < 4.78 is 41.2. The lowest BCUT2D eigenvalue weighted by atomic mass is 9.92. The third-order valence-electron chi connectivity index (χ3n) is 6.45. The van der Waals surface area contributed by atoms with E-state index in [-0.39, 0.29) is 18.3 Å². The second-order valence-electron chi connectivity index (χ2n) is 10.1. The van der Waals surface area contributed by atoms with E-state index < -0.39 is 26.9 Å². The van der Waals surface area contributed by atoms with Crippen LogP contribution in [0.15, 0.2) is 42.5 Å². The standard InChI is InChI=1S/C28H32N2O7S2/c1-16(2)39(33,34)37-18-9-10-20(23(14-18)35-7)19-11-12-22-25(30(6)27(32)28(4,5)29-22)21(19)15-36-26(31)24-13-8-17(3)38-24/h8-14,16,29H,15H2,1-7H3. The molecule has 3 aromatic rings. The Morgan fingerprint density at radius 2 is 1.79 bits per heavy atom. The summed E-state index contributed by atoms with van der Waals surface area (Å²) in [6.45, 7) is 8.46. The van der Waals surface area contributed by atoms with Crippen LogP contribution in [-0.4, -0.2) is 45.2 Å². The van der Waals surface area contributed by atoms with Crippen LogP contribution in [0.2, 0.25) is 0 Å². The lowest BCUT2D eigenvalue weighted by Gasteiger charge is -2.39. The Kier molecular flexibility index (Phi) is 7.68. The van der Waals surface area contributed by atoms with Crippen molar-refractivity contribution in [3.63, 3.8) is 0 Å². The lowest BCUT2D eigenvalue weighted by Crippen LogP contribution is -2.52. The first kappa shape index (κ1) is 28.4. The summed E-state index contributed by atoms with van der Waals surface area (Å²) in [5, 5.41) is 2.56. The van der Waals surface area contributed by atoms with Crippen molar-refractivity contribution < 1.29 is 31.7 Å². The number of benzene rings is 2. The Balaban J connectivity index is 1.82. The fraction of sp³-hybridized carbons (Fsp3) is 0.357. The van der Waals surface area contributed by atoms with Gasteiger partial charge in [-0.2, -0.15) is 8.42 Å². The van der Waals surface area contributed by atoms with Crippen LogP contribution >= 0.6 is 11.3 Å². The number of hydrogen-bond acceptors (Lipinski definition) is 9. The molecule has 4 rings (SSSR count). The fourth-order valence-electron chi connectivity index (χ4n) is 4.36. The third kappa shape index (κ3) is 5.60. The average molecular weight is 573 g/mol. The molecule has 2 aromatic carbocycles. The second kappa shape index (κ2) is 10.5. The van der Waals surface area contributed by atoms with Crippen LogP contribution in [0.4, 0.5) is 11.4 Å². The number of nitrogens with zero attached hydrogens (tertiary/aromatic N) is 1. The van der Waals surface area contributed by atoms with E-state index in [4.69, 9.17) is 13.7 Å². The highest BCUT2D eigenvalue weighted by Crippen LogP contribution is 2.45. The summed E-state index contributed by atoms with van der Waals surface area (Å²) in [5.41, 5.74) is 2.32. The highest BCUT2D eigenvalue weighted by molar-refractivity contribution is 7.87. The molecule has 0 aliphatic carbocycles. The monoisotopic (exact) mass is 572 g/mol. The maximum absolute atomic E-state index is 13.2. The summed E-state index contributed by atoms with van der Waals surface area (Å²) in [6, 6.07) is 12.0. The molecule has 208 valence electrons. The smallest absolute Gasteiger partial charge is 0.348 e. The molecule has 11 heteroatoms. The van der Waals surface area contributed by atoms with Crippen LogP contribution in [0, 0.1) is 6.92 Å². The van der Waals surface area contributed by atoms with Gasteiger partial charge in [-0.25, -0.2) is 4.79 Å². The number of carbonyl (C=O) groups is 2. The van der Waals surface area contributed by atoms with E-state index in [9.17, 15) is 18.0 Å². The summed E-state index contributed by atoms with van der Waals surface area (Å²) in [7, 11) is -0.650. The number of methoxy groups -OCH3 is 1. The zero-order chi connectivity index (χ0) is 28.7. The SMILES string of the molecule is COc1cc(OS(=O)(=O)C(C)C)ccc1-c1ccc2c(c1COC(=O)c1ccc(C)s1)N(C)C(=O)C(C)(C)N2. The van der Waals surface area contributed by atoms with Gasteiger partial charge >= 0.3 is 16.1 Å². The molecule has 1 aromatic heterocycles. The molecular weight excluding hydrogens is 540 g/mol. The van der Waals surface area contributed by atoms with Crippen molar-refractivity contribution in [2.45, 2.75) is 52.0 Å². The van der Waals surface area contributed by atoms with E-state index >= 15 is 0 Å². The second-order valence-corrected chi connectivity index (χ2v) is 13.5. The number of ether oxygens (including phenoxy) is 2. The van der Waals surface area contributed by atoms with E-state index in [2.05, 4.69) is 5.32 Å². The maximum Gasteiger partial charge on any atom is 0.348 e. The van der Waals surface area contributed by atoms with Gasteiger partial charge in [-0.1, -0.05) is 6.07 Å². The van der Waals surface area contributed by atoms with Gasteiger partial charge in [-0.05, 0) is 70.5 Å². The van der Waals surface area contributed by atoms with E-state index in [0.29, 0.717) is 38.7 Å². The van der Waals surface area contributed by atoms with Gasteiger partial charge in [0.2, 0.25) is 0 Å². The molecular formula is C28H32N2O7S2. The van der Waals surface area contributed by atoms with Crippen LogP contribution < -0.4 is 19.1 Å². The van der Waals surface area contributed by atoms with E-state index in [1.165, 1.54) is 44.4 Å². The molecule has 0 saturated carbocycles. The summed E-state index contributed by atoms with van der Waals surface area (Å²) in [5.74, 6) is -0.155. The van der Waals surface area contributed by atoms with E-state index in [1.807, 2.05) is 25.1 Å². The number of carbonyl (C=O) groups excluding carboxylic acids is 2. The molecule has 0 radical (unpaired) electrons. The van der Waals surface area contributed by atoms with Gasteiger partial charge in [0.15, 0.2) is 0 Å². The summed E-state index contributed by atoms with van der Waals surface area (Å²) in [6.07, 6.45) is 0. The molecule has 0 unspecified atom stereocenters. The number of likely N-dealkylation sites (N-methyl/N-ethyl adjacent to an activating group) is 1. The number of anilines is 2. The Morgan fingerprint density at radius 1 is 1.10 bits per heavy atom. The Bertz CT molecular complexity index is 1540. The maximum atomic E-state index is 13.2. The highest BCUT2D eigenvalue weighted by Gasteiger charge is 2.39. The average Bonchev–Trinajstić information content (AvgIpc) is 3.31. The number of aryl methyl sites for hydroxylation is 1. The summed E-state index contributed by atoms with van der Waals surface area (Å²) >= 11 is 1.34. The van der Waals surface area contributed by atoms with Crippen LogP contribution in [-0.2, 0) is 26.3 Å². The summed E-state index contributed by atoms with van der Waals surface area (Å²) in [4.78, 5) is 29.1. The van der Waals surface area contributed by atoms with Gasteiger partial charge in [-0.15, -0.1) is 11.3 Å². The van der Waals surface area contributed by atoms with Crippen molar-refractivity contribution in [1.82, 2.24) is 0 Å². The molecule has 1 N–H and O–H groups in total. The van der Waals surface area contributed by atoms with Crippen LogP contribution in [0.25, 0.3) is 11.1 Å². The first-order chi connectivity index (χ1) is 18.2. The van der Waals surface area contributed by atoms with Crippen molar-refractivity contribution >= 4 is 44.7 Å². The molecule has 9 nitrogen and oxygen atoms in total. The molecule has 0 spiro atoms. The molecule has 1 amide bonds. The number of esters is 1. The van der Waals surface area contributed by atoms with Crippen molar-refractivity contribution in [1.29, 1.82) is 0 Å². The first-order valence-corrected chi connectivity index (χ1v) is 14.6. The first-order valence-electron chi connectivity index (χ1n) is 12.3. The van der Waals surface area contributed by atoms with Crippen molar-refractivity contribution in [3.8, 4) is 22.6 Å². The quantitative estimate of drug-likeness (QED) is 0.283. The Morgan fingerprint density at radius 3 is 2.41 bits per heavy atom. The fourth-order valence-corrected chi connectivity index (χ4v) is 5.68. The zero-order valence-electron chi connectivity index (χ0n) is 22.9. The minimum Gasteiger partial charge on any atom is -0.496 e. The number of nitrogens with one attached hydrogen (secondary N) is 1. The van der Waals surface area contributed by atoms with Gasteiger partial charge in [-0.3, -0.25) is 4.79 Å². The Labute approximate surface area is 232 Å². The molecule has 0 fully saturated rings. The van der Waals surface area contributed by atoms with E-state index in [1.54, 1.807) is 37.9 Å². The van der Waals surface area contributed by atoms with Crippen LogP contribution in [0.5, 0.6) is 11.5 Å². The molecule has 1 aliphatic rings. The molecule has 0 saturated heterocycles. The number of amides is 1. The van der Waals surface area contributed by atoms with Gasteiger partial charge < -0.3 is 23.9 Å².